The summed E-state index contributed by atoms with van der Waals surface area (Å²) < 4.78 is 115. The molecular formula is C14H7F9N2O2. The van der Waals surface area contributed by atoms with E-state index in [-0.39, 0.29) is 33.4 Å². The molecule has 27 heavy (non-hydrogen) atoms. The number of hydrogen-bond acceptors (Lipinski definition) is 2. The van der Waals surface area contributed by atoms with E-state index in [1.807, 2.05) is 0 Å². The van der Waals surface area contributed by atoms with Crippen molar-refractivity contribution in [3.8, 4) is 5.69 Å². The van der Waals surface area contributed by atoms with Crippen LogP contribution in [0.4, 0.5) is 39.5 Å². The lowest BCUT2D eigenvalue weighted by Gasteiger charge is -2.17. The van der Waals surface area contributed by atoms with Gasteiger partial charge in [-0.25, -0.2) is 9.36 Å². The van der Waals surface area contributed by atoms with Crippen LogP contribution >= 0.6 is 0 Å². The van der Waals surface area contributed by atoms with E-state index < -0.39 is 52.3 Å². The fourth-order valence-electron chi connectivity index (χ4n) is 2.20. The Balaban J connectivity index is 2.89. The van der Waals surface area contributed by atoms with Gasteiger partial charge in [0, 0.05) is 13.1 Å². The van der Waals surface area contributed by atoms with E-state index in [4.69, 9.17) is 0 Å². The summed E-state index contributed by atoms with van der Waals surface area (Å²) in [7, 11) is 0.569. The van der Waals surface area contributed by atoms with Crippen molar-refractivity contribution in [2.45, 2.75) is 18.5 Å². The van der Waals surface area contributed by atoms with Crippen LogP contribution in [0.25, 0.3) is 5.69 Å². The Hall–Kier alpha value is -2.73. The first-order valence-electron chi connectivity index (χ1n) is 6.73. The molecule has 0 aliphatic rings. The predicted molar refractivity (Wildman–Crippen MR) is 72.3 cm³/mol. The highest BCUT2D eigenvalue weighted by atomic mass is 19.4. The largest absolute Gasteiger partial charge is 0.431 e. The van der Waals surface area contributed by atoms with E-state index in [0.29, 0.717) is 7.05 Å². The van der Waals surface area contributed by atoms with E-state index in [0.717, 1.165) is 0 Å². The Labute approximate surface area is 143 Å². The van der Waals surface area contributed by atoms with Crippen LogP contribution in [-0.2, 0) is 25.6 Å². The number of alkyl halides is 9. The summed E-state index contributed by atoms with van der Waals surface area (Å²) in [6.45, 7) is 0. The van der Waals surface area contributed by atoms with Crippen LogP contribution in [0.3, 0.4) is 0 Å². The highest BCUT2D eigenvalue weighted by Crippen LogP contribution is 2.36. The molecule has 0 unspecified atom stereocenters. The van der Waals surface area contributed by atoms with Crippen molar-refractivity contribution in [3.63, 3.8) is 0 Å². The van der Waals surface area contributed by atoms with Crippen LogP contribution in [-0.4, -0.2) is 9.13 Å². The molecule has 1 heterocycles. The number of rotatable bonds is 1. The van der Waals surface area contributed by atoms with Crippen LogP contribution in [0.2, 0.25) is 0 Å². The third kappa shape index (κ3) is 4.01. The van der Waals surface area contributed by atoms with Crippen LogP contribution in [0.15, 0.2) is 33.9 Å². The first-order valence-corrected chi connectivity index (χ1v) is 6.73. The van der Waals surface area contributed by atoms with Gasteiger partial charge in [0.2, 0.25) is 0 Å². The Kier molecular flexibility index (Phi) is 4.70. The van der Waals surface area contributed by atoms with Crippen molar-refractivity contribution in [3.05, 3.63) is 61.9 Å². The monoisotopic (exact) mass is 406 g/mol. The van der Waals surface area contributed by atoms with Gasteiger partial charge in [-0.15, -0.1) is 0 Å². The number of benzene rings is 1. The van der Waals surface area contributed by atoms with E-state index >= 15 is 0 Å². The zero-order chi connectivity index (χ0) is 20.9. The molecule has 1 aromatic heterocycles. The normalized spacial score (nSPS) is 13.1. The lowest BCUT2D eigenvalue weighted by atomic mass is 10.1. The molecule has 0 amide bonds. The lowest BCUT2D eigenvalue weighted by molar-refractivity contribution is -0.144. The molecule has 0 saturated heterocycles. The quantitative estimate of drug-likeness (QED) is 0.680. The molecule has 2 rings (SSSR count). The van der Waals surface area contributed by atoms with Crippen LogP contribution in [0.1, 0.15) is 16.8 Å². The Morgan fingerprint density at radius 3 is 1.52 bits per heavy atom. The molecule has 0 bridgehead atoms. The summed E-state index contributed by atoms with van der Waals surface area (Å²) >= 11 is 0. The van der Waals surface area contributed by atoms with Crippen molar-refractivity contribution in [1.82, 2.24) is 9.13 Å². The maximum Gasteiger partial charge on any atom is 0.431 e. The van der Waals surface area contributed by atoms with Crippen molar-refractivity contribution < 1.29 is 39.5 Å². The van der Waals surface area contributed by atoms with Crippen molar-refractivity contribution in [2.24, 2.45) is 7.05 Å². The van der Waals surface area contributed by atoms with Crippen molar-refractivity contribution in [2.75, 3.05) is 0 Å². The fraction of sp³-hybridized carbons (Fsp3) is 0.286. The van der Waals surface area contributed by atoms with E-state index in [2.05, 4.69) is 0 Å². The summed E-state index contributed by atoms with van der Waals surface area (Å²) in [6, 6.07) is -0.228. The molecule has 0 N–H and O–H groups in total. The van der Waals surface area contributed by atoms with Gasteiger partial charge in [-0.3, -0.25) is 9.36 Å². The molecule has 0 fully saturated rings. The minimum atomic E-state index is -5.27. The van der Waals surface area contributed by atoms with Crippen LogP contribution in [0, 0.1) is 0 Å². The first-order chi connectivity index (χ1) is 12.0. The van der Waals surface area contributed by atoms with Gasteiger partial charge in [-0.05, 0) is 18.2 Å². The molecule has 0 atom stereocenters. The summed E-state index contributed by atoms with van der Waals surface area (Å²) in [5.74, 6) is 0. The van der Waals surface area contributed by atoms with Crippen LogP contribution in [0.5, 0.6) is 0 Å². The Morgan fingerprint density at radius 2 is 1.15 bits per heavy atom. The van der Waals surface area contributed by atoms with Gasteiger partial charge in [0.25, 0.3) is 5.56 Å². The average molecular weight is 406 g/mol. The van der Waals surface area contributed by atoms with Gasteiger partial charge in [0.05, 0.1) is 16.8 Å². The second-order valence-electron chi connectivity index (χ2n) is 5.31. The molecule has 4 nitrogen and oxygen atoms in total. The molecular weight excluding hydrogens is 399 g/mol. The van der Waals surface area contributed by atoms with Crippen molar-refractivity contribution >= 4 is 0 Å². The second-order valence-corrected chi connectivity index (χ2v) is 5.31. The zero-order valence-corrected chi connectivity index (χ0v) is 12.9. The zero-order valence-electron chi connectivity index (χ0n) is 12.9. The molecule has 148 valence electrons. The Morgan fingerprint density at radius 1 is 0.704 bits per heavy atom. The summed E-state index contributed by atoms with van der Waals surface area (Å²) in [5, 5.41) is 0. The number of halogens is 9. The SMILES string of the molecule is Cn1c(C(F)(F)F)cc(=O)n(-c2cc(C(F)(F)F)cc(C(F)(F)F)c2)c1=O. The minimum Gasteiger partial charge on any atom is -0.292 e. The number of aromatic nitrogens is 2. The van der Waals surface area contributed by atoms with Crippen LogP contribution < -0.4 is 11.2 Å². The van der Waals surface area contributed by atoms with E-state index in [1.165, 1.54) is 0 Å². The van der Waals surface area contributed by atoms with Gasteiger partial charge in [0.1, 0.15) is 5.69 Å². The van der Waals surface area contributed by atoms with Gasteiger partial charge < -0.3 is 0 Å². The van der Waals surface area contributed by atoms with Gasteiger partial charge in [0.15, 0.2) is 0 Å². The minimum absolute atomic E-state index is 0.0608. The van der Waals surface area contributed by atoms with E-state index in [1.54, 1.807) is 0 Å². The lowest BCUT2D eigenvalue weighted by Crippen LogP contribution is -2.40. The highest BCUT2D eigenvalue weighted by molar-refractivity contribution is 5.42. The molecule has 0 saturated carbocycles. The second kappa shape index (κ2) is 6.16. The molecule has 2 aromatic rings. The van der Waals surface area contributed by atoms with Gasteiger partial charge in [-0.1, -0.05) is 0 Å². The predicted octanol–water partition coefficient (Wildman–Crippen LogP) is 3.59. The summed E-state index contributed by atoms with van der Waals surface area (Å²) in [6.07, 6.45) is -15.7. The molecule has 1 aromatic carbocycles. The number of nitrogens with zero attached hydrogens (tertiary/aromatic N) is 2. The molecule has 13 heteroatoms. The topological polar surface area (TPSA) is 44.0 Å². The molecule has 0 aliphatic carbocycles. The maximum absolute atomic E-state index is 12.9. The summed E-state index contributed by atoms with van der Waals surface area (Å²) in [4.78, 5) is 23.9. The molecule has 0 aliphatic heterocycles. The third-order valence-electron chi connectivity index (χ3n) is 3.44. The standard InChI is InChI=1S/C14H7F9N2O2/c1-24-9(14(21,22)23)5-10(26)25(11(24)27)8-3-6(12(15,16)17)2-7(4-8)13(18,19)20/h2-5H,1H3. The fourth-order valence-corrected chi connectivity index (χ4v) is 2.20. The number of hydrogen-bond donors (Lipinski definition) is 0. The Bertz CT molecular complexity index is 962. The third-order valence-corrected chi connectivity index (χ3v) is 3.44. The first kappa shape index (κ1) is 20.6. The van der Waals surface area contributed by atoms with Crippen molar-refractivity contribution in [1.29, 1.82) is 0 Å². The summed E-state index contributed by atoms with van der Waals surface area (Å²) in [5.41, 5.74) is -10.0. The molecule has 0 radical (unpaired) electrons. The van der Waals surface area contributed by atoms with Gasteiger partial charge in [-0.2, -0.15) is 39.5 Å². The smallest absolute Gasteiger partial charge is 0.292 e. The average Bonchev–Trinajstić information content (AvgIpc) is 2.48. The van der Waals surface area contributed by atoms with Gasteiger partial charge >= 0.3 is 24.2 Å². The molecule has 0 spiro atoms. The maximum atomic E-state index is 12.9. The van der Waals surface area contributed by atoms with E-state index in [9.17, 15) is 49.1 Å². The highest BCUT2D eigenvalue weighted by Gasteiger charge is 2.38.